The van der Waals surface area contributed by atoms with Gasteiger partial charge in [-0.25, -0.2) is 0 Å². The number of halogens is 1. The van der Waals surface area contributed by atoms with Crippen molar-refractivity contribution in [1.82, 2.24) is 4.57 Å². The van der Waals surface area contributed by atoms with Crippen LogP contribution in [0.5, 0.6) is 0 Å². The maximum absolute atomic E-state index is 11.1. The predicted molar refractivity (Wildman–Crippen MR) is 81.0 cm³/mol. The Labute approximate surface area is 121 Å². The first-order chi connectivity index (χ1) is 9.65. The van der Waals surface area contributed by atoms with Crippen LogP contribution in [-0.2, 0) is 6.54 Å². The quantitative estimate of drug-likeness (QED) is 0.787. The van der Waals surface area contributed by atoms with Gasteiger partial charge in [-0.1, -0.05) is 35.9 Å². The molecule has 0 fully saturated rings. The van der Waals surface area contributed by atoms with Gasteiger partial charge in [-0.3, -0.25) is 4.79 Å². The summed E-state index contributed by atoms with van der Waals surface area (Å²) in [5, 5.41) is 1.75. The van der Waals surface area contributed by atoms with Crippen LogP contribution in [0.3, 0.4) is 0 Å². The molecule has 4 heteroatoms. The van der Waals surface area contributed by atoms with Gasteiger partial charge in [-0.2, -0.15) is 0 Å². The predicted octanol–water partition coefficient (Wildman–Crippen LogP) is 3.44. The topological polar surface area (TPSA) is 48.0 Å². The van der Waals surface area contributed by atoms with Crippen LogP contribution >= 0.6 is 11.6 Å². The lowest BCUT2D eigenvalue weighted by atomic mass is 10.1. The van der Waals surface area contributed by atoms with Crippen molar-refractivity contribution in [3.8, 4) is 0 Å². The highest BCUT2D eigenvalue weighted by atomic mass is 35.5. The number of hydrogen-bond acceptors (Lipinski definition) is 1. The van der Waals surface area contributed by atoms with Gasteiger partial charge in [0.05, 0.1) is 0 Å². The lowest BCUT2D eigenvalue weighted by Gasteiger charge is -2.08. The highest BCUT2D eigenvalue weighted by Crippen LogP contribution is 2.22. The molecule has 0 saturated heterocycles. The fourth-order valence-corrected chi connectivity index (χ4v) is 2.53. The zero-order chi connectivity index (χ0) is 14.1. The zero-order valence-electron chi connectivity index (χ0n) is 10.7. The minimum Gasteiger partial charge on any atom is -0.366 e. The number of amides is 1. The summed E-state index contributed by atoms with van der Waals surface area (Å²) in [6, 6.07) is 15.4. The first kappa shape index (κ1) is 12.8. The Balaban J connectivity index is 1.97. The molecule has 0 aliphatic carbocycles. The number of benzene rings is 2. The molecule has 0 atom stereocenters. The van der Waals surface area contributed by atoms with E-state index in [2.05, 4.69) is 22.8 Å². The SMILES string of the molecule is NC(=O)c1ccc(Cn2ccc3ccccc32)c(Cl)c1. The number of para-hydroxylation sites is 1. The first-order valence-electron chi connectivity index (χ1n) is 6.27. The molecule has 0 aliphatic rings. The van der Waals surface area contributed by atoms with Crippen molar-refractivity contribution in [3.05, 3.63) is 70.9 Å². The van der Waals surface area contributed by atoms with Crippen LogP contribution in [0.15, 0.2) is 54.7 Å². The molecule has 0 unspecified atom stereocenters. The molecule has 3 nitrogen and oxygen atoms in total. The molecule has 100 valence electrons. The molecule has 0 spiro atoms. The molecular weight excluding hydrogens is 272 g/mol. The highest BCUT2D eigenvalue weighted by molar-refractivity contribution is 6.31. The van der Waals surface area contributed by atoms with E-state index in [1.165, 1.54) is 5.39 Å². The molecule has 3 rings (SSSR count). The van der Waals surface area contributed by atoms with Crippen molar-refractivity contribution in [1.29, 1.82) is 0 Å². The summed E-state index contributed by atoms with van der Waals surface area (Å²) in [6.07, 6.45) is 2.03. The van der Waals surface area contributed by atoms with Crippen LogP contribution in [0, 0.1) is 0 Å². The third-order valence-electron chi connectivity index (χ3n) is 3.36. The molecule has 3 aromatic rings. The average Bonchev–Trinajstić information content (AvgIpc) is 2.84. The van der Waals surface area contributed by atoms with Gasteiger partial charge < -0.3 is 10.3 Å². The number of nitrogens with zero attached hydrogens (tertiary/aromatic N) is 1. The van der Waals surface area contributed by atoms with Crippen molar-refractivity contribution in [2.24, 2.45) is 5.73 Å². The fourth-order valence-electron chi connectivity index (χ4n) is 2.29. The normalized spacial score (nSPS) is 10.8. The van der Waals surface area contributed by atoms with Gasteiger partial charge in [0.15, 0.2) is 0 Å². The number of carbonyl (C=O) groups excluding carboxylic acids is 1. The van der Waals surface area contributed by atoms with E-state index < -0.39 is 5.91 Å². The van der Waals surface area contributed by atoms with E-state index in [-0.39, 0.29) is 0 Å². The summed E-state index contributed by atoms with van der Waals surface area (Å²) in [5.41, 5.74) is 7.78. The van der Waals surface area contributed by atoms with E-state index >= 15 is 0 Å². The van der Waals surface area contributed by atoms with E-state index in [0.29, 0.717) is 17.1 Å². The third-order valence-corrected chi connectivity index (χ3v) is 3.71. The second-order valence-corrected chi connectivity index (χ2v) is 5.08. The Morgan fingerprint density at radius 1 is 1.15 bits per heavy atom. The van der Waals surface area contributed by atoms with Crippen LogP contribution < -0.4 is 5.73 Å². The lowest BCUT2D eigenvalue weighted by molar-refractivity contribution is 0.100. The molecule has 0 radical (unpaired) electrons. The second kappa shape index (κ2) is 5.02. The maximum atomic E-state index is 11.1. The van der Waals surface area contributed by atoms with Crippen molar-refractivity contribution in [2.45, 2.75) is 6.54 Å². The van der Waals surface area contributed by atoms with Crippen LogP contribution in [-0.4, -0.2) is 10.5 Å². The molecule has 1 heterocycles. The number of carbonyl (C=O) groups is 1. The number of hydrogen-bond donors (Lipinski definition) is 1. The summed E-state index contributed by atoms with van der Waals surface area (Å²) in [4.78, 5) is 11.1. The van der Waals surface area contributed by atoms with E-state index in [9.17, 15) is 4.79 Å². The monoisotopic (exact) mass is 284 g/mol. The fraction of sp³-hybridized carbons (Fsp3) is 0.0625. The number of rotatable bonds is 3. The smallest absolute Gasteiger partial charge is 0.248 e. The third kappa shape index (κ3) is 2.28. The molecule has 0 saturated carbocycles. The number of fused-ring (bicyclic) bond motifs is 1. The number of aromatic nitrogens is 1. The van der Waals surface area contributed by atoms with Crippen molar-refractivity contribution < 1.29 is 4.79 Å². The van der Waals surface area contributed by atoms with E-state index in [1.807, 2.05) is 24.4 Å². The second-order valence-electron chi connectivity index (χ2n) is 4.67. The van der Waals surface area contributed by atoms with Crippen molar-refractivity contribution >= 4 is 28.4 Å². The Kier molecular flexibility index (Phi) is 3.20. The van der Waals surface area contributed by atoms with Crippen LogP contribution in [0.25, 0.3) is 10.9 Å². The Hall–Kier alpha value is -2.26. The number of primary amides is 1. The Bertz CT molecular complexity index is 792. The Morgan fingerprint density at radius 2 is 1.95 bits per heavy atom. The first-order valence-corrected chi connectivity index (χ1v) is 6.65. The van der Waals surface area contributed by atoms with Gasteiger partial charge in [0.2, 0.25) is 5.91 Å². The minimum absolute atomic E-state index is 0.427. The van der Waals surface area contributed by atoms with Crippen LogP contribution in [0.4, 0.5) is 0 Å². The van der Waals surface area contributed by atoms with E-state index in [0.717, 1.165) is 11.1 Å². The summed E-state index contributed by atoms with van der Waals surface area (Å²) in [5.74, 6) is -0.468. The molecule has 2 aromatic carbocycles. The molecule has 0 aliphatic heterocycles. The highest BCUT2D eigenvalue weighted by Gasteiger charge is 2.07. The summed E-state index contributed by atoms with van der Waals surface area (Å²) in [7, 11) is 0. The van der Waals surface area contributed by atoms with Gasteiger partial charge in [0.1, 0.15) is 0 Å². The van der Waals surface area contributed by atoms with Gasteiger partial charge in [-0.05, 0) is 35.2 Å². The summed E-state index contributed by atoms with van der Waals surface area (Å²) < 4.78 is 2.13. The van der Waals surface area contributed by atoms with Gasteiger partial charge in [0.25, 0.3) is 0 Å². The largest absolute Gasteiger partial charge is 0.366 e. The van der Waals surface area contributed by atoms with Crippen molar-refractivity contribution in [3.63, 3.8) is 0 Å². The maximum Gasteiger partial charge on any atom is 0.248 e. The lowest BCUT2D eigenvalue weighted by Crippen LogP contribution is -2.11. The number of nitrogens with two attached hydrogens (primary N) is 1. The summed E-state index contributed by atoms with van der Waals surface area (Å²) in [6.45, 7) is 0.658. The van der Waals surface area contributed by atoms with Gasteiger partial charge in [-0.15, -0.1) is 0 Å². The average molecular weight is 285 g/mol. The van der Waals surface area contributed by atoms with Crippen LogP contribution in [0.2, 0.25) is 5.02 Å². The molecule has 20 heavy (non-hydrogen) atoms. The van der Waals surface area contributed by atoms with Gasteiger partial charge in [0, 0.05) is 28.8 Å². The molecular formula is C16H13ClN2O. The van der Waals surface area contributed by atoms with E-state index in [1.54, 1.807) is 12.1 Å². The summed E-state index contributed by atoms with van der Waals surface area (Å²) >= 11 is 6.22. The van der Waals surface area contributed by atoms with Crippen molar-refractivity contribution in [2.75, 3.05) is 0 Å². The zero-order valence-corrected chi connectivity index (χ0v) is 11.5. The molecule has 0 bridgehead atoms. The van der Waals surface area contributed by atoms with Crippen LogP contribution in [0.1, 0.15) is 15.9 Å². The standard InChI is InChI=1S/C16H13ClN2O/c17-14-9-12(16(18)20)5-6-13(14)10-19-8-7-11-3-1-2-4-15(11)19/h1-9H,10H2,(H2,18,20). The molecule has 2 N–H and O–H groups in total. The van der Waals surface area contributed by atoms with E-state index in [4.69, 9.17) is 17.3 Å². The Morgan fingerprint density at radius 3 is 2.70 bits per heavy atom. The molecule has 1 aromatic heterocycles. The minimum atomic E-state index is -0.468. The molecule has 1 amide bonds. The van der Waals surface area contributed by atoms with Gasteiger partial charge >= 0.3 is 0 Å².